The highest BCUT2D eigenvalue weighted by Crippen LogP contribution is 2.30. The van der Waals surface area contributed by atoms with Crippen LogP contribution in [0.4, 0.5) is 4.79 Å². The van der Waals surface area contributed by atoms with Gasteiger partial charge >= 0.3 is 12.1 Å². The van der Waals surface area contributed by atoms with Crippen molar-refractivity contribution in [3.8, 4) is 0 Å². The van der Waals surface area contributed by atoms with Crippen LogP contribution in [0.3, 0.4) is 0 Å². The third kappa shape index (κ3) is 11.5. The molecule has 1 aliphatic rings. The summed E-state index contributed by atoms with van der Waals surface area (Å²) < 4.78 is 10.8. The molecule has 0 radical (unpaired) electrons. The fraction of sp³-hybridized carbons (Fsp3) is 0.758. The summed E-state index contributed by atoms with van der Waals surface area (Å²) >= 11 is 0. The summed E-state index contributed by atoms with van der Waals surface area (Å²) in [5, 5.41) is 42.8. The molecular formula is C33H57NO8. The summed E-state index contributed by atoms with van der Waals surface area (Å²) in [7, 11) is 0. The minimum Gasteiger partial charge on any atom is -0.462 e. The summed E-state index contributed by atoms with van der Waals surface area (Å²) in [4.78, 5) is 23.5. The molecular weight excluding hydrogens is 538 g/mol. The van der Waals surface area contributed by atoms with Crippen LogP contribution in [-0.2, 0) is 14.3 Å². The Labute approximate surface area is 252 Å². The maximum absolute atomic E-state index is 12.0. The maximum Gasteiger partial charge on any atom is 0.404 e. The average Bonchev–Trinajstić information content (AvgIpc) is 2.93. The minimum atomic E-state index is -0.889. The third-order valence-electron chi connectivity index (χ3n) is 8.74. The summed E-state index contributed by atoms with van der Waals surface area (Å²) in [5.74, 6) is -2.37. The number of hydrogen-bond acceptors (Lipinski definition) is 8. The van der Waals surface area contributed by atoms with E-state index in [0.717, 1.165) is 12.0 Å². The number of esters is 1. The highest BCUT2D eigenvalue weighted by molar-refractivity contribution is 5.73. The van der Waals surface area contributed by atoms with Gasteiger partial charge in [0.05, 0.1) is 30.3 Å². The predicted molar refractivity (Wildman–Crippen MR) is 164 cm³/mol. The molecule has 0 aliphatic carbocycles. The Morgan fingerprint density at radius 3 is 2.19 bits per heavy atom. The number of carbonyl (C=O) groups is 2. The topological polar surface area (TPSA) is 160 Å². The van der Waals surface area contributed by atoms with Crippen LogP contribution in [0.5, 0.6) is 0 Å². The lowest BCUT2D eigenvalue weighted by molar-refractivity contribution is -0.179. The van der Waals surface area contributed by atoms with Gasteiger partial charge in [0.2, 0.25) is 0 Å². The van der Waals surface area contributed by atoms with Gasteiger partial charge in [-0.15, -0.1) is 0 Å². The molecule has 242 valence electrons. The van der Waals surface area contributed by atoms with Crippen molar-refractivity contribution in [2.75, 3.05) is 0 Å². The van der Waals surface area contributed by atoms with E-state index in [1.807, 2.05) is 66.7 Å². The van der Waals surface area contributed by atoms with Crippen molar-refractivity contribution in [2.45, 2.75) is 118 Å². The zero-order valence-corrected chi connectivity index (χ0v) is 27.0. The molecule has 0 saturated carbocycles. The number of carbonyl (C=O) groups excluding carboxylic acids is 2. The zero-order valence-electron chi connectivity index (χ0n) is 27.0. The van der Waals surface area contributed by atoms with E-state index in [1.165, 1.54) is 0 Å². The molecule has 0 spiro atoms. The van der Waals surface area contributed by atoms with Crippen LogP contribution in [0.2, 0.25) is 0 Å². The maximum atomic E-state index is 12.0. The van der Waals surface area contributed by atoms with Gasteiger partial charge in [0.25, 0.3) is 0 Å². The van der Waals surface area contributed by atoms with E-state index < -0.39 is 54.6 Å². The van der Waals surface area contributed by atoms with Gasteiger partial charge in [-0.1, -0.05) is 84.4 Å². The Kier molecular flexibility index (Phi) is 16.0. The number of amides is 1. The number of hydrogen-bond donors (Lipinski definition) is 5. The fourth-order valence-electron chi connectivity index (χ4n) is 5.90. The Balaban J connectivity index is 2.76. The van der Waals surface area contributed by atoms with Crippen LogP contribution < -0.4 is 5.73 Å². The lowest BCUT2D eigenvalue weighted by atomic mass is 9.81. The SMILES string of the molecule is CC/C=C\[C@H](C)[C@H](OC(N)=O)[C@@H](C)[C@H](O)[C@@H](C)C/C(C)=C\[C@H](C)[C@@H](O)[C@@H](C)/C=C\[C@@H](O)C[C@@H]1OC(=O)[C@H](C)[C@@H](O)[C@H]1C. The third-order valence-corrected chi connectivity index (χ3v) is 8.74. The molecule has 0 bridgehead atoms. The van der Waals surface area contributed by atoms with E-state index >= 15 is 0 Å². The molecule has 13 atom stereocenters. The number of cyclic esters (lactones) is 1. The highest BCUT2D eigenvalue weighted by Gasteiger charge is 2.41. The van der Waals surface area contributed by atoms with E-state index in [0.29, 0.717) is 6.42 Å². The van der Waals surface area contributed by atoms with Crippen LogP contribution in [0.15, 0.2) is 36.0 Å². The van der Waals surface area contributed by atoms with Crippen LogP contribution in [-0.4, -0.2) is 69.1 Å². The average molecular weight is 596 g/mol. The number of nitrogens with two attached hydrogens (primary N) is 1. The van der Waals surface area contributed by atoms with Crippen LogP contribution >= 0.6 is 0 Å². The molecule has 0 aromatic rings. The van der Waals surface area contributed by atoms with E-state index in [1.54, 1.807) is 26.0 Å². The Bertz CT molecular complexity index is 933. The van der Waals surface area contributed by atoms with Crippen molar-refractivity contribution in [3.63, 3.8) is 0 Å². The Hall–Kier alpha value is -2.20. The van der Waals surface area contributed by atoms with Gasteiger partial charge in [0.15, 0.2) is 0 Å². The summed E-state index contributed by atoms with van der Waals surface area (Å²) in [6.07, 6.45) is 5.78. The second-order valence-electron chi connectivity index (χ2n) is 12.7. The van der Waals surface area contributed by atoms with Gasteiger partial charge in [-0.05, 0) is 32.6 Å². The van der Waals surface area contributed by atoms with Crippen molar-refractivity contribution in [1.29, 1.82) is 0 Å². The first-order valence-corrected chi connectivity index (χ1v) is 15.4. The number of aliphatic hydroxyl groups is 4. The quantitative estimate of drug-likeness (QED) is 0.129. The molecule has 6 N–H and O–H groups in total. The summed E-state index contributed by atoms with van der Waals surface area (Å²) in [5.41, 5.74) is 6.33. The zero-order chi connectivity index (χ0) is 32.3. The van der Waals surface area contributed by atoms with Crippen molar-refractivity contribution in [2.24, 2.45) is 47.2 Å². The van der Waals surface area contributed by atoms with E-state index in [4.69, 9.17) is 15.2 Å². The number of primary amides is 1. The normalized spacial score (nSPS) is 28.4. The molecule has 0 aromatic heterocycles. The second-order valence-corrected chi connectivity index (χ2v) is 12.7. The number of ether oxygens (including phenoxy) is 2. The molecule has 1 rings (SSSR count). The lowest BCUT2D eigenvalue weighted by Crippen LogP contribution is -2.47. The van der Waals surface area contributed by atoms with E-state index in [9.17, 15) is 30.0 Å². The monoisotopic (exact) mass is 595 g/mol. The van der Waals surface area contributed by atoms with Crippen LogP contribution in [0, 0.1) is 41.4 Å². The van der Waals surface area contributed by atoms with Crippen molar-refractivity contribution in [3.05, 3.63) is 36.0 Å². The van der Waals surface area contributed by atoms with Crippen molar-refractivity contribution in [1.82, 2.24) is 0 Å². The number of aliphatic hydroxyl groups excluding tert-OH is 4. The number of rotatable bonds is 16. The molecule has 1 saturated heterocycles. The standard InChI is InChI=1S/C33H57NO8/c1-10-11-12-20(4)31(42-33(34)40)24(8)29(37)22(6)16-18(2)15-21(5)28(36)19(3)13-14-26(35)17-27-23(7)30(38)25(9)32(39)41-27/h11-15,19-31,35-38H,10,16-17H2,1-9H3,(H2,34,40)/b12-11-,14-13-,18-15-/t19-,20-,21-,22-,23-,24-,25+,26+,27-,28-,29+,30-,31-/m0/s1. The molecule has 0 unspecified atom stereocenters. The van der Waals surface area contributed by atoms with Crippen LogP contribution in [0.25, 0.3) is 0 Å². The molecule has 9 nitrogen and oxygen atoms in total. The van der Waals surface area contributed by atoms with Gasteiger partial charge < -0.3 is 35.6 Å². The fourth-order valence-corrected chi connectivity index (χ4v) is 5.90. The second kappa shape index (κ2) is 17.8. The van der Waals surface area contributed by atoms with E-state index in [2.05, 4.69) is 0 Å². The van der Waals surface area contributed by atoms with Gasteiger partial charge in [-0.25, -0.2) is 4.79 Å². The van der Waals surface area contributed by atoms with Gasteiger partial charge in [0, 0.05) is 36.0 Å². The van der Waals surface area contributed by atoms with E-state index in [-0.39, 0.29) is 41.9 Å². The first-order valence-electron chi connectivity index (χ1n) is 15.4. The molecule has 0 aromatic carbocycles. The summed E-state index contributed by atoms with van der Waals surface area (Å²) in [6, 6.07) is 0. The molecule has 42 heavy (non-hydrogen) atoms. The van der Waals surface area contributed by atoms with Crippen LogP contribution in [0.1, 0.15) is 81.6 Å². The van der Waals surface area contributed by atoms with Gasteiger partial charge in [-0.3, -0.25) is 4.79 Å². The molecule has 1 heterocycles. The number of allylic oxidation sites excluding steroid dienone is 2. The largest absolute Gasteiger partial charge is 0.462 e. The van der Waals surface area contributed by atoms with Gasteiger partial charge in [0.1, 0.15) is 12.2 Å². The first-order chi connectivity index (χ1) is 19.5. The molecule has 1 amide bonds. The van der Waals surface area contributed by atoms with Gasteiger partial charge in [-0.2, -0.15) is 0 Å². The van der Waals surface area contributed by atoms with Crippen molar-refractivity contribution < 1.29 is 39.5 Å². The Morgan fingerprint density at radius 2 is 1.62 bits per heavy atom. The minimum absolute atomic E-state index is 0.106. The van der Waals surface area contributed by atoms with Crippen molar-refractivity contribution >= 4 is 12.1 Å². The first kappa shape index (κ1) is 37.8. The summed E-state index contributed by atoms with van der Waals surface area (Å²) in [6.45, 7) is 16.9. The lowest BCUT2D eigenvalue weighted by Gasteiger charge is -2.36. The molecule has 9 heteroatoms. The smallest absolute Gasteiger partial charge is 0.404 e. The highest BCUT2D eigenvalue weighted by atomic mass is 16.6. The molecule has 1 aliphatic heterocycles. The molecule has 1 fully saturated rings. The predicted octanol–water partition coefficient (Wildman–Crippen LogP) is 4.52. The Morgan fingerprint density at radius 1 is 1.00 bits per heavy atom.